The summed E-state index contributed by atoms with van der Waals surface area (Å²) in [6, 6.07) is 10.3. The predicted octanol–water partition coefficient (Wildman–Crippen LogP) is 3.17. The number of aliphatic imine (C=N–C) groups is 1. The van der Waals surface area contributed by atoms with E-state index in [1.165, 1.54) is 9.80 Å². The lowest BCUT2D eigenvalue weighted by Gasteiger charge is -2.33. The van der Waals surface area contributed by atoms with Crippen LogP contribution in [0.25, 0.3) is 0 Å². The van der Waals surface area contributed by atoms with Gasteiger partial charge in [0.05, 0.1) is 12.8 Å². The first-order valence-electron chi connectivity index (χ1n) is 9.50. The summed E-state index contributed by atoms with van der Waals surface area (Å²) in [5.74, 6) is 1.58. The number of likely N-dealkylation sites (N-methyl/N-ethyl adjacent to an activating group) is 1. The minimum Gasteiger partial charge on any atom is -0.466 e. The summed E-state index contributed by atoms with van der Waals surface area (Å²) in [5.41, 5.74) is 1.83. The van der Waals surface area contributed by atoms with Crippen molar-refractivity contribution in [3.63, 3.8) is 0 Å². The van der Waals surface area contributed by atoms with Crippen molar-refractivity contribution < 1.29 is 18.6 Å². The molecule has 0 radical (unpaired) electrons. The predicted molar refractivity (Wildman–Crippen MR) is 111 cm³/mol. The largest absolute Gasteiger partial charge is 0.466 e. The molecule has 1 fully saturated rings. The Kier molecular flexibility index (Phi) is 4.35. The summed E-state index contributed by atoms with van der Waals surface area (Å²) in [4.78, 5) is 33.7. The van der Waals surface area contributed by atoms with Gasteiger partial charge in [0.2, 0.25) is 11.9 Å². The minimum absolute atomic E-state index is 0.209. The molecule has 8 nitrogen and oxygen atoms in total. The van der Waals surface area contributed by atoms with Crippen molar-refractivity contribution in [2.75, 3.05) is 7.05 Å². The molecular formula is C21H19BrN5O3+. The summed E-state index contributed by atoms with van der Waals surface area (Å²) < 4.78 is 10.2. The topological polar surface area (TPSA) is 74.9 Å². The second-order valence-corrected chi connectivity index (χ2v) is 8.32. The number of carbonyl (C=O) groups excluding carboxylic acids is 2. The maximum atomic E-state index is 13.4. The number of imidazole rings is 1. The van der Waals surface area contributed by atoms with E-state index in [0.29, 0.717) is 18.3 Å². The number of hydrogen-bond donors (Lipinski definition) is 0. The zero-order valence-electron chi connectivity index (χ0n) is 16.4. The number of rotatable bonds is 4. The van der Waals surface area contributed by atoms with E-state index < -0.39 is 6.04 Å². The summed E-state index contributed by atoms with van der Waals surface area (Å²) in [6.45, 7) is 2.67. The van der Waals surface area contributed by atoms with Crippen LogP contribution in [0.3, 0.4) is 0 Å². The van der Waals surface area contributed by atoms with Crippen LogP contribution in [0.15, 0.2) is 62.7 Å². The van der Waals surface area contributed by atoms with Gasteiger partial charge in [0.1, 0.15) is 24.2 Å². The molecule has 1 atom stereocenters. The van der Waals surface area contributed by atoms with E-state index in [9.17, 15) is 9.59 Å². The van der Waals surface area contributed by atoms with Crippen molar-refractivity contribution in [3.05, 3.63) is 70.3 Å². The van der Waals surface area contributed by atoms with Gasteiger partial charge in [0.25, 0.3) is 5.91 Å². The lowest BCUT2D eigenvalue weighted by molar-refractivity contribution is -0.677. The highest BCUT2D eigenvalue weighted by Crippen LogP contribution is 2.30. The van der Waals surface area contributed by atoms with Gasteiger partial charge in [0, 0.05) is 11.5 Å². The molecule has 2 aromatic heterocycles. The van der Waals surface area contributed by atoms with E-state index in [-0.39, 0.29) is 18.5 Å². The third-order valence-electron chi connectivity index (χ3n) is 5.47. The molecule has 0 N–H and O–H groups in total. The Bertz CT molecular complexity index is 1180. The Morgan fingerprint density at radius 2 is 1.93 bits per heavy atom. The Morgan fingerprint density at radius 1 is 1.17 bits per heavy atom. The van der Waals surface area contributed by atoms with E-state index in [2.05, 4.69) is 20.9 Å². The average Bonchev–Trinajstić information content (AvgIpc) is 3.43. The van der Waals surface area contributed by atoms with Crippen LogP contribution < -0.4 is 4.57 Å². The van der Waals surface area contributed by atoms with Crippen LogP contribution in [0.4, 0.5) is 10.7 Å². The third kappa shape index (κ3) is 2.88. The highest BCUT2D eigenvalue weighted by Gasteiger charge is 2.53. The zero-order valence-corrected chi connectivity index (χ0v) is 18.0. The number of halogens is 1. The molecule has 1 aromatic carbocycles. The number of furan rings is 1. The molecule has 0 aliphatic carbocycles. The number of imide groups is 1. The molecule has 9 heteroatoms. The van der Waals surface area contributed by atoms with Gasteiger partial charge >= 0.3 is 12.0 Å². The number of aromatic nitrogens is 2. The third-order valence-corrected chi connectivity index (χ3v) is 6.00. The summed E-state index contributed by atoms with van der Waals surface area (Å²) in [7, 11) is 1.66. The fourth-order valence-electron chi connectivity index (χ4n) is 3.90. The molecule has 30 heavy (non-hydrogen) atoms. The van der Waals surface area contributed by atoms with Gasteiger partial charge in [-0.3, -0.25) is 14.6 Å². The molecule has 3 amide bonds. The molecule has 152 valence electrons. The van der Waals surface area contributed by atoms with Crippen molar-refractivity contribution in [1.82, 2.24) is 14.4 Å². The lowest BCUT2D eigenvalue weighted by atomic mass is 10.1. The monoisotopic (exact) mass is 468 g/mol. The zero-order chi connectivity index (χ0) is 21.0. The number of benzene rings is 1. The number of amidine groups is 1. The quantitative estimate of drug-likeness (QED) is 0.551. The summed E-state index contributed by atoms with van der Waals surface area (Å²) in [6.07, 6.45) is 3.53. The first-order valence-corrected chi connectivity index (χ1v) is 10.3. The standard InChI is InChI=1S/C21H19BrN5O3/c1-13-10-26-17-18(23-20(26)25(13)12-16-4-3-9-30-16)24(2)21(29)27(19(17)28)11-14-5-7-15(22)8-6-14/h3-10,17H,11-12H2,1-2H3/q+1. The van der Waals surface area contributed by atoms with Gasteiger partial charge < -0.3 is 4.42 Å². The Morgan fingerprint density at radius 3 is 2.63 bits per heavy atom. The molecular weight excluding hydrogens is 450 g/mol. The maximum Gasteiger partial charge on any atom is 0.402 e. The van der Waals surface area contributed by atoms with Crippen LogP contribution in [0, 0.1) is 6.92 Å². The Labute approximate surface area is 181 Å². The molecule has 1 saturated heterocycles. The SMILES string of the molecule is Cc1c[n+]2c(n1Cc1ccco1)N=C1C2C(=O)N(Cc2ccc(Br)cc2)C(=O)N1C. The Balaban J connectivity index is 1.50. The van der Waals surface area contributed by atoms with Crippen LogP contribution in [0.2, 0.25) is 0 Å². The molecule has 5 rings (SSSR count). The van der Waals surface area contributed by atoms with Crippen molar-refractivity contribution >= 4 is 39.7 Å². The number of fused-ring (bicyclic) bond motifs is 3. The Hall–Kier alpha value is -3.20. The van der Waals surface area contributed by atoms with E-state index in [4.69, 9.17) is 4.42 Å². The number of carbonyl (C=O) groups is 2. The van der Waals surface area contributed by atoms with Gasteiger partial charge in [-0.05, 0) is 36.8 Å². The number of hydrogen-bond acceptors (Lipinski definition) is 4. The smallest absolute Gasteiger partial charge is 0.402 e. The highest BCUT2D eigenvalue weighted by molar-refractivity contribution is 9.10. The van der Waals surface area contributed by atoms with Crippen LogP contribution in [-0.2, 0) is 17.9 Å². The van der Waals surface area contributed by atoms with Crippen molar-refractivity contribution in [3.8, 4) is 0 Å². The lowest BCUT2D eigenvalue weighted by Crippen LogP contribution is -2.62. The number of nitrogens with zero attached hydrogens (tertiary/aromatic N) is 5. The van der Waals surface area contributed by atoms with Gasteiger partial charge in [-0.15, -0.1) is 0 Å². The van der Waals surface area contributed by atoms with Crippen LogP contribution in [0.5, 0.6) is 0 Å². The van der Waals surface area contributed by atoms with Crippen molar-refractivity contribution in [2.45, 2.75) is 26.1 Å². The maximum absolute atomic E-state index is 13.4. The average molecular weight is 469 g/mol. The van der Waals surface area contributed by atoms with E-state index >= 15 is 0 Å². The molecule has 2 aliphatic rings. The first kappa shape index (κ1) is 18.8. The minimum atomic E-state index is -0.658. The second kappa shape index (κ2) is 6.94. The van der Waals surface area contributed by atoms with E-state index in [1.807, 2.05) is 58.7 Å². The molecule has 0 bridgehead atoms. The fourth-order valence-corrected chi connectivity index (χ4v) is 4.17. The van der Waals surface area contributed by atoms with Crippen LogP contribution in [-0.4, -0.2) is 39.2 Å². The van der Waals surface area contributed by atoms with E-state index in [1.54, 1.807) is 13.3 Å². The number of amides is 3. The molecule has 2 aliphatic heterocycles. The first-order chi connectivity index (χ1) is 14.4. The normalized spacial score (nSPS) is 18.0. The van der Waals surface area contributed by atoms with Gasteiger partial charge in [-0.2, -0.15) is 0 Å². The molecule has 0 saturated carbocycles. The highest BCUT2D eigenvalue weighted by atomic mass is 79.9. The fraction of sp³-hybridized carbons (Fsp3) is 0.238. The number of urea groups is 1. The molecule has 0 spiro atoms. The molecule has 4 heterocycles. The van der Waals surface area contributed by atoms with Gasteiger partial charge in [-0.25, -0.2) is 13.9 Å². The van der Waals surface area contributed by atoms with Gasteiger partial charge in [0.15, 0.2) is 0 Å². The summed E-state index contributed by atoms with van der Waals surface area (Å²) in [5, 5.41) is 0. The van der Waals surface area contributed by atoms with Gasteiger partial charge in [-0.1, -0.05) is 33.1 Å². The van der Waals surface area contributed by atoms with Crippen LogP contribution in [0.1, 0.15) is 23.1 Å². The van der Waals surface area contributed by atoms with E-state index in [0.717, 1.165) is 21.5 Å². The molecule has 1 unspecified atom stereocenters. The van der Waals surface area contributed by atoms with Crippen molar-refractivity contribution in [2.24, 2.45) is 4.99 Å². The second-order valence-electron chi connectivity index (χ2n) is 7.41. The number of aryl methyl sites for hydroxylation is 1. The van der Waals surface area contributed by atoms with Crippen molar-refractivity contribution in [1.29, 1.82) is 0 Å². The van der Waals surface area contributed by atoms with Crippen LogP contribution >= 0.6 is 15.9 Å². The summed E-state index contributed by atoms with van der Waals surface area (Å²) >= 11 is 3.41. The molecule has 3 aromatic rings.